The van der Waals surface area contributed by atoms with E-state index in [1.54, 1.807) is 0 Å². The summed E-state index contributed by atoms with van der Waals surface area (Å²) in [6.07, 6.45) is 2.24. The lowest BCUT2D eigenvalue weighted by Gasteiger charge is -2.42. The number of nitrogens with zero attached hydrogens (tertiary/aromatic N) is 2. The number of rotatable bonds is 1. The minimum atomic E-state index is 0.0559. The van der Waals surface area contributed by atoms with Gasteiger partial charge >= 0.3 is 0 Å². The van der Waals surface area contributed by atoms with Gasteiger partial charge in [0.25, 0.3) is 0 Å². The summed E-state index contributed by atoms with van der Waals surface area (Å²) in [5.41, 5.74) is 7.14. The number of halogens is 1. The molecule has 1 saturated heterocycles. The number of hydrogen-bond acceptors (Lipinski definition) is 4. The molecule has 0 aliphatic carbocycles. The fraction of sp³-hybridized carbons (Fsp3) is 0.462. The largest absolute Gasteiger partial charge is 0.369 e. The van der Waals surface area contributed by atoms with Gasteiger partial charge in [-0.3, -0.25) is 4.99 Å². The third kappa shape index (κ3) is 1.88. The lowest BCUT2D eigenvalue weighted by Crippen LogP contribution is -2.54. The van der Waals surface area contributed by atoms with Crippen molar-refractivity contribution in [2.75, 3.05) is 23.0 Å². The number of aliphatic imine (C=N–C) groups is 1. The summed E-state index contributed by atoms with van der Waals surface area (Å²) in [6.45, 7) is 0.796. The summed E-state index contributed by atoms with van der Waals surface area (Å²) in [5, 5.41) is 0.746. The molecule has 0 unspecified atom stereocenters. The highest BCUT2D eigenvalue weighted by atomic mass is 35.5. The van der Waals surface area contributed by atoms with E-state index >= 15 is 0 Å². The maximum Gasteiger partial charge on any atom is 0.196 e. The second-order valence-corrected chi connectivity index (χ2v) is 6.43. The molecule has 0 aromatic heterocycles. The van der Waals surface area contributed by atoms with E-state index in [9.17, 15) is 0 Å². The molecular formula is C13H16ClN3S. The van der Waals surface area contributed by atoms with Crippen LogP contribution >= 0.6 is 23.4 Å². The lowest BCUT2D eigenvalue weighted by atomic mass is 9.90. The van der Waals surface area contributed by atoms with Crippen molar-refractivity contribution in [3.05, 3.63) is 29.3 Å². The maximum atomic E-state index is 6.31. The van der Waals surface area contributed by atoms with Crippen molar-refractivity contribution in [2.24, 2.45) is 10.7 Å². The molecular weight excluding hydrogens is 266 g/mol. The van der Waals surface area contributed by atoms with Crippen molar-refractivity contribution in [2.45, 2.75) is 18.4 Å². The molecule has 0 saturated carbocycles. The van der Waals surface area contributed by atoms with Gasteiger partial charge in [0.2, 0.25) is 0 Å². The Hall–Kier alpha value is -0.870. The van der Waals surface area contributed by atoms with E-state index in [4.69, 9.17) is 17.3 Å². The third-order valence-electron chi connectivity index (χ3n) is 3.76. The van der Waals surface area contributed by atoms with Gasteiger partial charge in [0.05, 0.1) is 22.8 Å². The molecule has 0 amide bonds. The topological polar surface area (TPSA) is 41.6 Å². The highest BCUT2D eigenvalue weighted by molar-refractivity contribution is 7.99. The zero-order valence-corrected chi connectivity index (χ0v) is 11.7. The lowest BCUT2D eigenvalue weighted by molar-refractivity contribution is 0.424. The van der Waals surface area contributed by atoms with E-state index in [-0.39, 0.29) is 5.54 Å². The molecule has 1 aromatic carbocycles. The van der Waals surface area contributed by atoms with Crippen LogP contribution in [0.25, 0.3) is 0 Å². The van der Waals surface area contributed by atoms with Crippen LogP contribution in [0.4, 0.5) is 5.69 Å². The molecule has 96 valence electrons. The zero-order chi connectivity index (χ0) is 12.6. The summed E-state index contributed by atoms with van der Waals surface area (Å²) < 4.78 is 0. The predicted octanol–water partition coefficient (Wildman–Crippen LogP) is 2.74. The third-order valence-corrected chi connectivity index (χ3v) is 5.06. The van der Waals surface area contributed by atoms with Crippen LogP contribution in [-0.4, -0.2) is 29.5 Å². The second-order valence-electron chi connectivity index (χ2n) is 4.80. The Bertz CT molecular complexity index is 483. The van der Waals surface area contributed by atoms with Gasteiger partial charge in [-0.2, -0.15) is 11.8 Å². The van der Waals surface area contributed by atoms with Crippen molar-refractivity contribution < 1.29 is 0 Å². The Labute approximate surface area is 116 Å². The first-order valence-electron chi connectivity index (χ1n) is 6.15. The average Bonchev–Trinajstić information content (AvgIpc) is 2.69. The van der Waals surface area contributed by atoms with E-state index in [1.165, 1.54) is 11.5 Å². The van der Waals surface area contributed by atoms with Crippen LogP contribution in [0.1, 0.15) is 12.8 Å². The predicted molar refractivity (Wildman–Crippen MR) is 79.7 cm³/mol. The molecule has 5 heteroatoms. The van der Waals surface area contributed by atoms with Gasteiger partial charge in [-0.25, -0.2) is 0 Å². The van der Waals surface area contributed by atoms with E-state index in [1.807, 2.05) is 36.0 Å². The first-order valence-corrected chi connectivity index (χ1v) is 7.69. The zero-order valence-electron chi connectivity index (χ0n) is 10.1. The quantitative estimate of drug-likeness (QED) is 0.861. The van der Waals surface area contributed by atoms with Crippen molar-refractivity contribution in [1.82, 2.24) is 0 Å². The van der Waals surface area contributed by atoms with Crippen LogP contribution in [0, 0.1) is 0 Å². The normalized spacial score (nSPS) is 22.3. The SMILES string of the molecule is NC1=NCC2(CCSCC2)N1c1ccccc1Cl. The molecule has 18 heavy (non-hydrogen) atoms. The van der Waals surface area contributed by atoms with Gasteiger partial charge in [-0.1, -0.05) is 23.7 Å². The minimum absolute atomic E-state index is 0.0559. The molecule has 2 aliphatic heterocycles. The molecule has 3 rings (SSSR count). The molecule has 0 radical (unpaired) electrons. The van der Waals surface area contributed by atoms with E-state index in [2.05, 4.69) is 9.89 Å². The van der Waals surface area contributed by atoms with Gasteiger partial charge in [0.1, 0.15) is 0 Å². The van der Waals surface area contributed by atoms with Crippen molar-refractivity contribution in [3.8, 4) is 0 Å². The summed E-state index contributed by atoms with van der Waals surface area (Å²) in [6, 6.07) is 7.88. The standard InChI is InChI=1S/C13H16ClN3S/c14-10-3-1-2-4-11(10)17-12(15)16-9-13(17)5-7-18-8-6-13/h1-4H,5-9H2,(H2,15,16). The molecule has 3 nitrogen and oxygen atoms in total. The Morgan fingerprint density at radius 1 is 1.28 bits per heavy atom. The van der Waals surface area contributed by atoms with Crippen molar-refractivity contribution >= 4 is 35.0 Å². The van der Waals surface area contributed by atoms with Gasteiger partial charge in [-0.15, -0.1) is 0 Å². The summed E-state index contributed by atoms with van der Waals surface area (Å²) in [7, 11) is 0. The van der Waals surface area contributed by atoms with E-state index in [0.717, 1.165) is 30.1 Å². The van der Waals surface area contributed by atoms with Crippen LogP contribution in [0.5, 0.6) is 0 Å². The molecule has 1 aromatic rings. The molecule has 0 bridgehead atoms. The maximum absolute atomic E-state index is 6.31. The van der Waals surface area contributed by atoms with Gasteiger partial charge < -0.3 is 10.6 Å². The first-order chi connectivity index (χ1) is 8.73. The monoisotopic (exact) mass is 281 g/mol. The van der Waals surface area contributed by atoms with Crippen LogP contribution in [-0.2, 0) is 0 Å². The molecule has 2 heterocycles. The first kappa shape index (κ1) is 12.2. The summed E-state index contributed by atoms with van der Waals surface area (Å²) in [5.74, 6) is 2.95. The number of hydrogen-bond donors (Lipinski definition) is 1. The van der Waals surface area contributed by atoms with Crippen molar-refractivity contribution in [3.63, 3.8) is 0 Å². The smallest absolute Gasteiger partial charge is 0.196 e. The van der Waals surface area contributed by atoms with E-state index < -0.39 is 0 Å². The second kappa shape index (κ2) is 4.67. The number of anilines is 1. The Balaban J connectivity index is 2.01. The molecule has 1 fully saturated rings. The fourth-order valence-electron chi connectivity index (χ4n) is 2.76. The highest BCUT2D eigenvalue weighted by Crippen LogP contribution is 2.41. The van der Waals surface area contributed by atoms with Crippen LogP contribution in [0.15, 0.2) is 29.3 Å². The Morgan fingerprint density at radius 3 is 2.72 bits per heavy atom. The van der Waals surface area contributed by atoms with Gasteiger partial charge in [0, 0.05) is 0 Å². The average molecular weight is 282 g/mol. The summed E-state index contributed by atoms with van der Waals surface area (Å²) >= 11 is 8.32. The highest BCUT2D eigenvalue weighted by Gasteiger charge is 2.44. The number of para-hydroxylation sites is 1. The molecule has 0 atom stereocenters. The van der Waals surface area contributed by atoms with Crippen molar-refractivity contribution in [1.29, 1.82) is 0 Å². The Morgan fingerprint density at radius 2 is 2.00 bits per heavy atom. The molecule has 2 aliphatic rings. The van der Waals surface area contributed by atoms with E-state index in [0.29, 0.717) is 5.96 Å². The Kier molecular flexibility index (Phi) is 3.16. The molecule has 1 spiro atoms. The van der Waals surface area contributed by atoms with Gasteiger partial charge in [-0.05, 0) is 36.5 Å². The number of nitrogens with two attached hydrogens (primary N) is 1. The van der Waals surface area contributed by atoms with Crippen LogP contribution < -0.4 is 10.6 Å². The minimum Gasteiger partial charge on any atom is -0.369 e. The number of guanidine groups is 1. The van der Waals surface area contributed by atoms with Crippen LogP contribution in [0.2, 0.25) is 5.02 Å². The van der Waals surface area contributed by atoms with Crippen LogP contribution in [0.3, 0.4) is 0 Å². The summed E-state index contributed by atoms with van der Waals surface area (Å²) in [4.78, 5) is 6.63. The van der Waals surface area contributed by atoms with Gasteiger partial charge in [0.15, 0.2) is 5.96 Å². The number of benzene rings is 1. The molecule has 2 N–H and O–H groups in total. The number of thioether (sulfide) groups is 1. The fourth-order valence-corrected chi connectivity index (χ4v) is 4.23.